The van der Waals surface area contributed by atoms with E-state index in [2.05, 4.69) is 15.4 Å². The molecular formula is C22H20N4O2S. The molecule has 0 saturated heterocycles. The molecule has 2 aromatic carbocycles. The summed E-state index contributed by atoms with van der Waals surface area (Å²) in [6.07, 6.45) is 0. The van der Waals surface area contributed by atoms with Crippen LogP contribution in [0, 0.1) is 6.92 Å². The van der Waals surface area contributed by atoms with Crippen molar-refractivity contribution in [1.82, 2.24) is 14.8 Å². The predicted octanol–water partition coefficient (Wildman–Crippen LogP) is 4.96. The van der Waals surface area contributed by atoms with Crippen LogP contribution in [0.1, 0.15) is 23.0 Å². The normalized spacial score (nSPS) is 10.7. The third-order valence-electron chi connectivity index (χ3n) is 4.24. The largest absolute Gasteiger partial charge is 0.494 e. The van der Waals surface area contributed by atoms with E-state index in [0.717, 1.165) is 22.7 Å². The monoisotopic (exact) mass is 404 g/mol. The fourth-order valence-corrected chi connectivity index (χ4v) is 3.69. The molecule has 4 aromatic rings. The third-order valence-corrected chi connectivity index (χ3v) is 5.06. The van der Waals surface area contributed by atoms with Crippen LogP contribution >= 0.6 is 11.3 Å². The van der Waals surface area contributed by atoms with Crippen molar-refractivity contribution in [3.05, 3.63) is 77.3 Å². The van der Waals surface area contributed by atoms with E-state index in [0.29, 0.717) is 23.1 Å². The van der Waals surface area contributed by atoms with E-state index in [4.69, 9.17) is 4.74 Å². The van der Waals surface area contributed by atoms with Crippen molar-refractivity contribution in [2.24, 2.45) is 0 Å². The average Bonchev–Trinajstić information content (AvgIpc) is 3.36. The van der Waals surface area contributed by atoms with Crippen LogP contribution in [0.25, 0.3) is 16.4 Å². The molecule has 0 aliphatic carbocycles. The number of thiazole rings is 1. The number of aromatic nitrogens is 3. The molecule has 146 valence electrons. The minimum atomic E-state index is -0.214. The second kappa shape index (κ2) is 8.28. The summed E-state index contributed by atoms with van der Waals surface area (Å²) in [5.41, 5.74) is 3.26. The maximum atomic E-state index is 12.7. The van der Waals surface area contributed by atoms with Gasteiger partial charge in [0.1, 0.15) is 11.6 Å². The topological polar surface area (TPSA) is 69.0 Å². The summed E-state index contributed by atoms with van der Waals surface area (Å²) in [6.45, 7) is 4.39. The molecule has 29 heavy (non-hydrogen) atoms. The van der Waals surface area contributed by atoms with Gasteiger partial charge < -0.3 is 10.1 Å². The first-order valence-electron chi connectivity index (χ1n) is 9.26. The Hall–Kier alpha value is -3.45. The highest BCUT2D eigenvalue weighted by Crippen LogP contribution is 2.26. The number of nitrogens with one attached hydrogen (secondary N) is 1. The summed E-state index contributed by atoms with van der Waals surface area (Å²) in [7, 11) is 0. The van der Waals surface area contributed by atoms with Crippen molar-refractivity contribution in [3.63, 3.8) is 0 Å². The Morgan fingerprint density at radius 2 is 1.90 bits per heavy atom. The summed E-state index contributed by atoms with van der Waals surface area (Å²) >= 11 is 1.48. The quantitative estimate of drug-likeness (QED) is 0.493. The minimum Gasteiger partial charge on any atom is -0.494 e. The van der Waals surface area contributed by atoms with E-state index >= 15 is 0 Å². The average molecular weight is 404 g/mol. The van der Waals surface area contributed by atoms with E-state index in [1.54, 1.807) is 28.9 Å². The Bertz CT molecular complexity index is 1120. The lowest BCUT2D eigenvalue weighted by Crippen LogP contribution is -2.15. The molecule has 6 nitrogen and oxygen atoms in total. The molecule has 0 unspecified atom stereocenters. The number of ether oxygens (including phenoxy) is 1. The number of hydrogen-bond donors (Lipinski definition) is 1. The molecule has 1 amide bonds. The maximum Gasteiger partial charge on any atom is 0.256 e. The van der Waals surface area contributed by atoms with Gasteiger partial charge in [0.25, 0.3) is 5.91 Å². The first-order chi connectivity index (χ1) is 14.1. The van der Waals surface area contributed by atoms with Gasteiger partial charge in [0.2, 0.25) is 5.13 Å². The standard InChI is InChI=1S/C22H20N4O2S/c1-3-28-18-11-9-17(10-12-18)21(27)24-20-13-15(2)25-26(20)22-23-19(14-29-22)16-7-5-4-6-8-16/h4-14H,3H2,1-2H3,(H,24,27). The van der Waals surface area contributed by atoms with Gasteiger partial charge >= 0.3 is 0 Å². The lowest BCUT2D eigenvalue weighted by molar-refractivity contribution is 0.102. The SMILES string of the molecule is CCOc1ccc(C(=O)Nc2cc(C)nn2-c2nc(-c3ccccc3)cs2)cc1. The summed E-state index contributed by atoms with van der Waals surface area (Å²) in [4.78, 5) is 17.4. The van der Waals surface area contributed by atoms with E-state index in [9.17, 15) is 4.79 Å². The molecule has 1 N–H and O–H groups in total. The van der Waals surface area contributed by atoms with Crippen molar-refractivity contribution in [3.8, 4) is 22.1 Å². The van der Waals surface area contributed by atoms with Gasteiger partial charge in [-0.1, -0.05) is 30.3 Å². The van der Waals surface area contributed by atoms with E-state index < -0.39 is 0 Å². The van der Waals surface area contributed by atoms with Gasteiger partial charge in [-0.25, -0.2) is 4.98 Å². The highest BCUT2D eigenvalue weighted by molar-refractivity contribution is 7.12. The molecule has 0 aliphatic rings. The van der Waals surface area contributed by atoms with E-state index in [-0.39, 0.29) is 5.91 Å². The van der Waals surface area contributed by atoms with Crippen LogP contribution in [0.15, 0.2) is 66.0 Å². The second-order valence-electron chi connectivity index (χ2n) is 6.38. The molecule has 4 rings (SSSR count). The lowest BCUT2D eigenvalue weighted by Gasteiger charge is -2.08. The Balaban J connectivity index is 1.57. The molecule has 0 aliphatic heterocycles. The summed E-state index contributed by atoms with van der Waals surface area (Å²) in [5, 5.41) is 10.1. The van der Waals surface area contributed by atoms with Crippen molar-refractivity contribution in [2.45, 2.75) is 13.8 Å². The molecule has 2 heterocycles. The molecule has 0 spiro atoms. The smallest absolute Gasteiger partial charge is 0.256 e. The first-order valence-corrected chi connectivity index (χ1v) is 10.1. The fraction of sp³-hybridized carbons (Fsp3) is 0.136. The molecule has 0 fully saturated rings. The van der Waals surface area contributed by atoms with Gasteiger partial charge in [0.05, 0.1) is 18.0 Å². The van der Waals surface area contributed by atoms with Crippen molar-refractivity contribution in [2.75, 3.05) is 11.9 Å². The van der Waals surface area contributed by atoms with Crippen molar-refractivity contribution >= 4 is 23.1 Å². The van der Waals surface area contributed by atoms with Crippen LogP contribution in [-0.2, 0) is 0 Å². The number of nitrogens with zero attached hydrogens (tertiary/aromatic N) is 3. The molecule has 0 bridgehead atoms. The van der Waals surface area contributed by atoms with Gasteiger partial charge in [-0.15, -0.1) is 11.3 Å². The highest BCUT2D eigenvalue weighted by atomic mass is 32.1. The summed E-state index contributed by atoms with van der Waals surface area (Å²) in [6, 6.07) is 18.9. The zero-order chi connectivity index (χ0) is 20.2. The third kappa shape index (κ3) is 4.20. The molecule has 2 aromatic heterocycles. The van der Waals surface area contributed by atoms with E-state index in [1.165, 1.54) is 11.3 Å². The zero-order valence-corrected chi connectivity index (χ0v) is 16.9. The number of carbonyl (C=O) groups is 1. The van der Waals surface area contributed by atoms with Gasteiger partial charge in [0, 0.05) is 22.6 Å². The number of anilines is 1. The molecule has 7 heteroatoms. The highest BCUT2D eigenvalue weighted by Gasteiger charge is 2.15. The number of benzene rings is 2. The molecule has 0 saturated carbocycles. The number of amides is 1. The second-order valence-corrected chi connectivity index (χ2v) is 7.21. The van der Waals surface area contributed by atoms with Crippen LogP contribution in [0.2, 0.25) is 0 Å². The minimum absolute atomic E-state index is 0.214. The van der Waals surface area contributed by atoms with Gasteiger partial charge in [0.15, 0.2) is 0 Å². The van der Waals surface area contributed by atoms with Crippen molar-refractivity contribution in [1.29, 1.82) is 0 Å². The number of hydrogen-bond acceptors (Lipinski definition) is 5. The maximum absolute atomic E-state index is 12.7. The van der Waals surface area contributed by atoms with Gasteiger partial charge in [-0.05, 0) is 38.1 Å². The van der Waals surface area contributed by atoms with Crippen LogP contribution in [0.4, 0.5) is 5.82 Å². The van der Waals surface area contributed by atoms with Crippen LogP contribution in [0.5, 0.6) is 5.75 Å². The Labute approximate surface area is 172 Å². The first kappa shape index (κ1) is 18.9. The molecular weight excluding hydrogens is 384 g/mol. The fourth-order valence-electron chi connectivity index (χ4n) is 2.90. The summed E-state index contributed by atoms with van der Waals surface area (Å²) in [5.74, 6) is 1.10. The van der Waals surface area contributed by atoms with Crippen LogP contribution in [0.3, 0.4) is 0 Å². The Kier molecular flexibility index (Phi) is 5.39. The van der Waals surface area contributed by atoms with Gasteiger partial charge in [-0.3, -0.25) is 4.79 Å². The lowest BCUT2D eigenvalue weighted by atomic mass is 10.2. The van der Waals surface area contributed by atoms with Crippen LogP contribution in [-0.4, -0.2) is 27.3 Å². The molecule has 0 atom stereocenters. The van der Waals surface area contributed by atoms with Gasteiger partial charge in [-0.2, -0.15) is 9.78 Å². The summed E-state index contributed by atoms with van der Waals surface area (Å²) < 4.78 is 7.09. The van der Waals surface area contributed by atoms with Crippen LogP contribution < -0.4 is 10.1 Å². The zero-order valence-electron chi connectivity index (χ0n) is 16.1. The van der Waals surface area contributed by atoms with Crippen molar-refractivity contribution < 1.29 is 9.53 Å². The Morgan fingerprint density at radius 1 is 1.14 bits per heavy atom. The predicted molar refractivity (Wildman–Crippen MR) is 115 cm³/mol. The Morgan fingerprint density at radius 3 is 2.62 bits per heavy atom. The number of carbonyl (C=O) groups excluding carboxylic acids is 1. The molecule has 0 radical (unpaired) electrons. The van der Waals surface area contributed by atoms with E-state index in [1.807, 2.05) is 55.6 Å². The number of aryl methyl sites for hydroxylation is 1. The number of rotatable bonds is 6.